The molecular formula is C21H25BrClN3O2. The highest BCUT2D eigenvalue weighted by molar-refractivity contribution is 9.10. The molecule has 0 aromatic heterocycles. The van der Waals surface area contributed by atoms with Crippen LogP contribution in [0.1, 0.15) is 25.7 Å². The van der Waals surface area contributed by atoms with Gasteiger partial charge in [-0.15, -0.1) is 12.4 Å². The van der Waals surface area contributed by atoms with Crippen LogP contribution in [-0.2, 0) is 4.79 Å². The fourth-order valence-electron chi connectivity index (χ4n) is 3.41. The lowest BCUT2D eigenvalue weighted by molar-refractivity contribution is -0.140. The van der Waals surface area contributed by atoms with Gasteiger partial charge in [0.1, 0.15) is 5.75 Å². The molecule has 2 aromatic carbocycles. The first-order valence-corrected chi connectivity index (χ1v) is 9.96. The van der Waals surface area contributed by atoms with E-state index in [4.69, 9.17) is 15.9 Å². The zero-order valence-electron chi connectivity index (χ0n) is 15.5. The molecule has 0 amide bonds. The van der Waals surface area contributed by atoms with E-state index in [-0.39, 0.29) is 30.3 Å². The Morgan fingerprint density at radius 2 is 1.57 bits per heavy atom. The van der Waals surface area contributed by atoms with Gasteiger partial charge in [0.15, 0.2) is 5.96 Å². The van der Waals surface area contributed by atoms with Gasteiger partial charge in [-0.25, -0.2) is 0 Å². The van der Waals surface area contributed by atoms with E-state index in [0.29, 0.717) is 18.2 Å². The van der Waals surface area contributed by atoms with Crippen LogP contribution < -0.4 is 15.8 Å². The Kier molecular flexibility index (Phi) is 8.33. The van der Waals surface area contributed by atoms with Crippen molar-refractivity contribution in [2.24, 2.45) is 17.6 Å². The maximum atomic E-state index is 12.4. The van der Waals surface area contributed by atoms with Crippen molar-refractivity contribution < 1.29 is 9.53 Å². The average Bonchev–Trinajstić information content (AvgIpc) is 2.68. The van der Waals surface area contributed by atoms with Crippen LogP contribution in [0.3, 0.4) is 0 Å². The van der Waals surface area contributed by atoms with Crippen LogP contribution in [-0.4, -0.2) is 18.5 Å². The number of hydrogen-bond acceptors (Lipinski definition) is 3. The third-order valence-electron chi connectivity index (χ3n) is 5.01. The molecular weight excluding hydrogens is 442 g/mol. The van der Waals surface area contributed by atoms with E-state index in [9.17, 15) is 4.79 Å². The lowest BCUT2D eigenvalue weighted by Gasteiger charge is -2.27. The molecule has 0 saturated heterocycles. The Morgan fingerprint density at radius 3 is 2.11 bits per heavy atom. The van der Waals surface area contributed by atoms with Crippen molar-refractivity contribution in [3.8, 4) is 16.9 Å². The summed E-state index contributed by atoms with van der Waals surface area (Å²) in [6, 6.07) is 15.7. The van der Waals surface area contributed by atoms with Crippen LogP contribution in [0.15, 0.2) is 53.0 Å². The fraction of sp³-hybridized carbons (Fsp3) is 0.333. The van der Waals surface area contributed by atoms with Gasteiger partial charge in [-0.2, -0.15) is 0 Å². The number of guanidine groups is 1. The molecule has 0 unspecified atom stereocenters. The minimum Gasteiger partial charge on any atom is -0.426 e. The smallest absolute Gasteiger partial charge is 0.314 e. The number of carbonyl (C=O) groups excluding carboxylic acids is 1. The van der Waals surface area contributed by atoms with E-state index in [1.54, 1.807) is 0 Å². The number of benzene rings is 2. The van der Waals surface area contributed by atoms with Gasteiger partial charge in [0.2, 0.25) is 0 Å². The number of esters is 1. The van der Waals surface area contributed by atoms with Gasteiger partial charge < -0.3 is 15.8 Å². The Balaban J connectivity index is 0.00000280. The lowest BCUT2D eigenvalue weighted by Crippen LogP contribution is -2.36. The molecule has 0 atom stereocenters. The van der Waals surface area contributed by atoms with Crippen molar-refractivity contribution in [2.75, 3.05) is 6.54 Å². The van der Waals surface area contributed by atoms with Crippen molar-refractivity contribution in [1.29, 1.82) is 5.41 Å². The third kappa shape index (κ3) is 6.24. The summed E-state index contributed by atoms with van der Waals surface area (Å²) in [5.74, 6) is 0.849. The van der Waals surface area contributed by atoms with Crippen molar-refractivity contribution in [3.63, 3.8) is 0 Å². The van der Waals surface area contributed by atoms with Crippen LogP contribution in [0.25, 0.3) is 11.1 Å². The Hall–Kier alpha value is -2.05. The van der Waals surface area contributed by atoms with E-state index in [1.807, 2.05) is 48.5 Å². The van der Waals surface area contributed by atoms with Crippen molar-refractivity contribution in [3.05, 3.63) is 53.0 Å². The SMILES string of the molecule is Cl.N=C(N)NC[C@H]1CC[C@H](C(=O)Oc2ccc(-c3ccc(Br)cc3)cc2)CC1. The zero-order chi connectivity index (χ0) is 19.2. The molecule has 5 nitrogen and oxygen atoms in total. The first kappa shape index (κ1) is 22.2. The van der Waals surface area contributed by atoms with Gasteiger partial charge >= 0.3 is 5.97 Å². The second-order valence-corrected chi connectivity index (χ2v) is 7.88. The minimum absolute atomic E-state index is 0. The first-order valence-electron chi connectivity index (χ1n) is 9.17. The second kappa shape index (κ2) is 10.5. The standard InChI is InChI=1S/C21H24BrN3O2.ClH/c22-18-9-5-15(6-10-18)16-7-11-19(12-8-16)27-20(26)17-3-1-14(2-4-17)13-25-21(23)24;/h5-12,14,17H,1-4,13H2,(H4,23,24,25);1H/t14-,17-;. The zero-order valence-corrected chi connectivity index (χ0v) is 17.9. The molecule has 0 radical (unpaired) electrons. The highest BCUT2D eigenvalue weighted by Gasteiger charge is 2.27. The fourth-order valence-corrected chi connectivity index (χ4v) is 3.68. The van der Waals surface area contributed by atoms with E-state index in [1.165, 1.54) is 0 Å². The molecule has 28 heavy (non-hydrogen) atoms. The molecule has 0 spiro atoms. The Bertz CT molecular complexity index is 788. The molecule has 2 aromatic rings. The highest BCUT2D eigenvalue weighted by atomic mass is 79.9. The summed E-state index contributed by atoms with van der Waals surface area (Å²) in [5, 5.41) is 10.1. The van der Waals surface area contributed by atoms with Gasteiger partial charge in [-0.05, 0) is 67.0 Å². The molecule has 150 valence electrons. The summed E-state index contributed by atoms with van der Waals surface area (Å²) >= 11 is 3.44. The highest BCUT2D eigenvalue weighted by Crippen LogP contribution is 2.30. The first-order chi connectivity index (χ1) is 13.0. The third-order valence-corrected chi connectivity index (χ3v) is 5.54. The molecule has 1 aliphatic carbocycles. The summed E-state index contributed by atoms with van der Waals surface area (Å²) in [4.78, 5) is 12.4. The van der Waals surface area contributed by atoms with Gasteiger partial charge in [0.25, 0.3) is 0 Å². The van der Waals surface area contributed by atoms with Crippen LogP contribution in [0.5, 0.6) is 5.75 Å². The van der Waals surface area contributed by atoms with Crippen molar-refractivity contribution >= 4 is 40.3 Å². The number of rotatable bonds is 5. The number of carbonyl (C=O) groups is 1. The van der Waals surface area contributed by atoms with Gasteiger partial charge in [0.05, 0.1) is 5.92 Å². The van der Waals surface area contributed by atoms with E-state index >= 15 is 0 Å². The van der Waals surface area contributed by atoms with Gasteiger partial charge in [-0.3, -0.25) is 10.2 Å². The maximum Gasteiger partial charge on any atom is 0.314 e. The summed E-state index contributed by atoms with van der Waals surface area (Å²) in [6.45, 7) is 0.703. The minimum atomic E-state index is -0.149. The van der Waals surface area contributed by atoms with Crippen molar-refractivity contribution in [1.82, 2.24) is 5.32 Å². The Labute approximate surface area is 180 Å². The van der Waals surface area contributed by atoms with E-state index in [0.717, 1.165) is 41.3 Å². The van der Waals surface area contributed by atoms with E-state index < -0.39 is 0 Å². The van der Waals surface area contributed by atoms with Gasteiger partial charge in [-0.1, -0.05) is 40.2 Å². The molecule has 4 N–H and O–H groups in total. The molecule has 0 aliphatic heterocycles. The second-order valence-electron chi connectivity index (χ2n) is 6.96. The molecule has 0 bridgehead atoms. The summed E-state index contributed by atoms with van der Waals surface area (Å²) in [7, 11) is 0. The summed E-state index contributed by atoms with van der Waals surface area (Å²) < 4.78 is 6.63. The van der Waals surface area contributed by atoms with E-state index in [2.05, 4.69) is 21.2 Å². The number of ether oxygens (including phenoxy) is 1. The maximum absolute atomic E-state index is 12.4. The Morgan fingerprint density at radius 1 is 1.04 bits per heavy atom. The topological polar surface area (TPSA) is 88.2 Å². The molecule has 1 fully saturated rings. The quantitative estimate of drug-likeness (QED) is 0.257. The van der Waals surface area contributed by atoms with Crippen LogP contribution in [0, 0.1) is 17.2 Å². The molecule has 0 heterocycles. The number of nitrogens with one attached hydrogen (secondary N) is 2. The molecule has 1 saturated carbocycles. The van der Waals surface area contributed by atoms with Gasteiger partial charge in [0, 0.05) is 11.0 Å². The summed E-state index contributed by atoms with van der Waals surface area (Å²) in [6.07, 6.45) is 3.53. The number of hydrogen-bond donors (Lipinski definition) is 3. The number of halogens is 2. The van der Waals surface area contributed by atoms with Crippen LogP contribution in [0.4, 0.5) is 0 Å². The number of nitrogens with two attached hydrogens (primary N) is 1. The van der Waals surface area contributed by atoms with Crippen LogP contribution >= 0.6 is 28.3 Å². The molecule has 7 heteroatoms. The average molecular weight is 467 g/mol. The molecule has 1 aliphatic rings. The predicted octanol–water partition coefficient (Wildman–Crippen LogP) is 4.73. The normalized spacial score (nSPS) is 18.6. The van der Waals surface area contributed by atoms with Crippen molar-refractivity contribution in [2.45, 2.75) is 25.7 Å². The molecule has 3 rings (SSSR count). The van der Waals surface area contributed by atoms with Crippen LogP contribution in [0.2, 0.25) is 0 Å². The lowest BCUT2D eigenvalue weighted by atomic mass is 9.82. The largest absolute Gasteiger partial charge is 0.426 e. The predicted molar refractivity (Wildman–Crippen MR) is 118 cm³/mol. The monoisotopic (exact) mass is 465 g/mol. The summed E-state index contributed by atoms with van der Waals surface area (Å²) in [5.41, 5.74) is 7.52.